The SMILES string of the molecule is CC[C@H](C(=O)Nc1ccc(OC(F)(F)F)cc1)N(c1ccc(C)c(Cl)c1)S(C)(=O)=O. The van der Waals surface area contributed by atoms with Gasteiger partial charge in [-0.05, 0) is 55.3 Å². The lowest BCUT2D eigenvalue weighted by Crippen LogP contribution is -2.47. The summed E-state index contributed by atoms with van der Waals surface area (Å²) in [7, 11) is -3.85. The summed E-state index contributed by atoms with van der Waals surface area (Å²) in [5.41, 5.74) is 1.15. The third kappa shape index (κ3) is 6.27. The Kier molecular flexibility index (Phi) is 7.25. The van der Waals surface area contributed by atoms with Crippen molar-refractivity contribution in [2.45, 2.75) is 32.7 Å². The quantitative estimate of drug-likeness (QED) is 0.642. The topological polar surface area (TPSA) is 75.7 Å². The van der Waals surface area contributed by atoms with E-state index in [0.29, 0.717) is 5.02 Å². The number of carbonyl (C=O) groups excluding carboxylic acids is 1. The maximum absolute atomic E-state index is 12.8. The van der Waals surface area contributed by atoms with Crippen molar-refractivity contribution < 1.29 is 31.1 Å². The van der Waals surface area contributed by atoms with Gasteiger partial charge in [0.15, 0.2) is 0 Å². The van der Waals surface area contributed by atoms with Crippen molar-refractivity contribution in [3.63, 3.8) is 0 Å². The molecule has 0 aliphatic heterocycles. The minimum atomic E-state index is -4.83. The number of anilines is 2. The summed E-state index contributed by atoms with van der Waals surface area (Å²) in [6.07, 6.45) is -3.72. The average molecular weight is 465 g/mol. The Bertz CT molecular complexity index is 1010. The van der Waals surface area contributed by atoms with Gasteiger partial charge < -0.3 is 10.1 Å². The van der Waals surface area contributed by atoms with E-state index >= 15 is 0 Å². The summed E-state index contributed by atoms with van der Waals surface area (Å²) in [4.78, 5) is 12.8. The molecule has 2 rings (SSSR count). The highest BCUT2D eigenvalue weighted by molar-refractivity contribution is 7.92. The number of aryl methyl sites for hydroxylation is 1. The van der Waals surface area contributed by atoms with Gasteiger partial charge in [-0.1, -0.05) is 24.6 Å². The van der Waals surface area contributed by atoms with Gasteiger partial charge in [-0.15, -0.1) is 13.2 Å². The Hall–Kier alpha value is -2.46. The van der Waals surface area contributed by atoms with Crippen LogP contribution in [0.3, 0.4) is 0 Å². The van der Waals surface area contributed by atoms with Crippen LogP contribution in [0.2, 0.25) is 5.02 Å². The molecule has 0 aromatic heterocycles. The van der Waals surface area contributed by atoms with E-state index in [1.807, 2.05) is 0 Å². The van der Waals surface area contributed by atoms with E-state index in [2.05, 4.69) is 10.1 Å². The van der Waals surface area contributed by atoms with Crippen molar-refractivity contribution in [2.75, 3.05) is 15.9 Å². The smallest absolute Gasteiger partial charge is 0.406 e. The van der Waals surface area contributed by atoms with Crippen molar-refractivity contribution in [3.8, 4) is 5.75 Å². The van der Waals surface area contributed by atoms with Gasteiger partial charge in [0.1, 0.15) is 11.8 Å². The fourth-order valence-electron chi connectivity index (χ4n) is 2.74. The van der Waals surface area contributed by atoms with Crippen LogP contribution >= 0.6 is 11.6 Å². The minimum Gasteiger partial charge on any atom is -0.406 e. The number of carbonyl (C=O) groups is 1. The van der Waals surface area contributed by atoms with Gasteiger partial charge >= 0.3 is 6.36 Å². The van der Waals surface area contributed by atoms with Gasteiger partial charge in [0, 0.05) is 10.7 Å². The number of nitrogens with zero attached hydrogens (tertiary/aromatic N) is 1. The summed E-state index contributed by atoms with van der Waals surface area (Å²) < 4.78 is 66.4. The number of halogens is 4. The second-order valence-electron chi connectivity index (χ2n) is 6.48. The van der Waals surface area contributed by atoms with Crippen molar-refractivity contribution in [3.05, 3.63) is 53.1 Å². The molecule has 0 saturated heterocycles. The number of ether oxygens (including phenoxy) is 1. The zero-order valence-electron chi connectivity index (χ0n) is 16.3. The summed E-state index contributed by atoms with van der Waals surface area (Å²) in [5, 5.41) is 2.86. The molecule has 0 fully saturated rings. The minimum absolute atomic E-state index is 0.139. The number of benzene rings is 2. The van der Waals surface area contributed by atoms with E-state index in [1.54, 1.807) is 26.0 Å². The molecule has 1 amide bonds. The van der Waals surface area contributed by atoms with Gasteiger partial charge in [0.05, 0.1) is 11.9 Å². The standard InChI is InChI=1S/C19H20ClF3N2O4S/c1-4-17(25(30(3,27)28)14-8-5-12(2)16(20)11-14)18(26)24-13-6-9-15(10-7-13)29-19(21,22)23/h5-11,17H,4H2,1-3H3,(H,24,26)/t17-/m1/s1. The molecule has 0 spiro atoms. The van der Waals surface area contributed by atoms with Gasteiger partial charge in [-0.3, -0.25) is 9.10 Å². The molecule has 164 valence electrons. The molecule has 0 saturated carbocycles. The lowest BCUT2D eigenvalue weighted by molar-refractivity contribution is -0.274. The van der Waals surface area contributed by atoms with Gasteiger partial charge in [-0.25, -0.2) is 8.42 Å². The molecule has 0 radical (unpaired) electrons. The number of hydrogen-bond acceptors (Lipinski definition) is 4. The molecule has 1 N–H and O–H groups in total. The van der Waals surface area contributed by atoms with Crippen LogP contribution in [0.5, 0.6) is 5.75 Å². The fourth-order valence-corrected chi connectivity index (χ4v) is 4.12. The maximum atomic E-state index is 12.8. The predicted molar refractivity (Wildman–Crippen MR) is 109 cm³/mol. The molecule has 1 atom stereocenters. The first-order valence-electron chi connectivity index (χ1n) is 8.74. The molecule has 0 aliphatic carbocycles. The molecule has 0 unspecified atom stereocenters. The maximum Gasteiger partial charge on any atom is 0.573 e. The Morgan fingerprint density at radius 3 is 2.27 bits per heavy atom. The highest BCUT2D eigenvalue weighted by Crippen LogP contribution is 2.28. The number of sulfonamides is 1. The van der Waals surface area contributed by atoms with Gasteiger partial charge in [0.25, 0.3) is 0 Å². The van der Waals surface area contributed by atoms with Crippen LogP contribution in [0.15, 0.2) is 42.5 Å². The molecule has 2 aromatic carbocycles. The fraction of sp³-hybridized carbons (Fsp3) is 0.316. The van der Waals surface area contributed by atoms with E-state index < -0.39 is 34.1 Å². The molecule has 0 heterocycles. The summed E-state index contributed by atoms with van der Waals surface area (Å²) in [6.45, 7) is 3.39. The van der Waals surface area contributed by atoms with E-state index in [9.17, 15) is 26.4 Å². The molecule has 0 aliphatic rings. The Labute approximate surface area is 177 Å². The summed E-state index contributed by atoms with van der Waals surface area (Å²) in [6, 6.07) is 8.05. The Morgan fingerprint density at radius 2 is 1.80 bits per heavy atom. The Balaban J connectivity index is 2.28. The zero-order chi connectivity index (χ0) is 22.7. The van der Waals surface area contributed by atoms with Crippen molar-refractivity contribution in [1.29, 1.82) is 0 Å². The molecule has 0 bridgehead atoms. The van der Waals surface area contributed by atoms with Crippen LogP contribution in [0.4, 0.5) is 24.5 Å². The first kappa shape index (κ1) is 23.8. The van der Waals surface area contributed by atoms with E-state index in [1.165, 1.54) is 18.2 Å². The van der Waals surface area contributed by atoms with E-state index in [4.69, 9.17) is 11.6 Å². The zero-order valence-corrected chi connectivity index (χ0v) is 17.9. The molecule has 2 aromatic rings. The van der Waals surface area contributed by atoms with Crippen LogP contribution in [0, 0.1) is 6.92 Å². The number of alkyl halides is 3. The van der Waals surface area contributed by atoms with Crippen LogP contribution in [0.1, 0.15) is 18.9 Å². The lowest BCUT2D eigenvalue weighted by atomic mass is 10.1. The third-order valence-electron chi connectivity index (χ3n) is 4.10. The van der Waals surface area contributed by atoms with Crippen molar-refractivity contribution in [1.82, 2.24) is 0 Å². The summed E-state index contributed by atoms with van der Waals surface area (Å²) >= 11 is 6.11. The first-order chi connectivity index (χ1) is 13.8. The third-order valence-corrected chi connectivity index (χ3v) is 5.68. The molecule has 30 heavy (non-hydrogen) atoms. The lowest BCUT2D eigenvalue weighted by Gasteiger charge is -2.30. The molecule has 11 heteroatoms. The monoisotopic (exact) mass is 464 g/mol. The van der Waals surface area contributed by atoms with Crippen LogP contribution in [0.25, 0.3) is 0 Å². The van der Waals surface area contributed by atoms with Gasteiger partial charge in [-0.2, -0.15) is 0 Å². The predicted octanol–water partition coefficient (Wildman–Crippen LogP) is 4.73. The molecule has 6 nitrogen and oxygen atoms in total. The largest absolute Gasteiger partial charge is 0.573 e. The number of rotatable bonds is 7. The van der Waals surface area contributed by atoms with Crippen molar-refractivity contribution >= 4 is 38.9 Å². The molecular weight excluding hydrogens is 445 g/mol. The van der Waals surface area contributed by atoms with E-state index in [-0.39, 0.29) is 17.8 Å². The Morgan fingerprint density at radius 1 is 1.20 bits per heavy atom. The second kappa shape index (κ2) is 9.13. The number of amides is 1. The first-order valence-corrected chi connectivity index (χ1v) is 11.0. The van der Waals surface area contributed by atoms with Crippen LogP contribution in [-0.2, 0) is 14.8 Å². The average Bonchev–Trinajstić information content (AvgIpc) is 2.61. The highest BCUT2D eigenvalue weighted by Gasteiger charge is 2.32. The highest BCUT2D eigenvalue weighted by atomic mass is 35.5. The van der Waals surface area contributed by atoms with Gasteiger partial charge in [0.2, 0.25) is 15.9 Å². The summed E-state index contributed by atoms with van der Waals surface area (Å²) in [5.74, 6) is -1.09. The van der Waals surface area contributed by atoms with Crippen molar-refractivity contribution in [2.24, 2.45) is 0 Å². The van der Waals surface area contributed by atoms with E-state index in [0.717, 1.165) is 28.3 Å². The van der Waals surface area contributed by atoms with Crippen LogP contribution in [-0.4, -0.2) is 33.0 Å². The second-order valence-corrected chi connectivity index (χ2v) is 8.74. The number of hydrogen-bond donors (Lipinski definition) is 1. The normalized spacial score (nSPS) is 12.9. The number of nitrogens with one attached hydrogen (secondary N) is 1. The van der Waals surface area contributed by atoms with Crippen LogP contribution < -0.4 is 14.4 Å². The molecular formula is C19H20ClF3N2O4S.